The molecule has 1 aliphatic heterocycles. The van der Waals surface area contributed by atoms with E-state index in [1.807, 2.05) is 6.20 Å². The second-order valence-corrected chi connectivity index (χ2v) is 6.69. The highest BCUT2D eigenvalue weighted by molar-refractivity contribution is 5.37. The van der Waals surface area contributed by atoms with Crippen molar-refractivity contribution < 1.29 is 0 Å². The van der Waals surface area contributed by atoms with Gasteiger partial charge < -0.3 is 10.2 Å². The molecule has 2 heterocycles. The Morgan fingerprint density at radius 3 is 2.68 bits per heavy atom. The highest BCUT2D eigenvalue weighted by Crippen LogP contribution is 2.22. The SMILES string of the molecule is CN1CCCCC1CNc1ccc(C(C)(C)C)cn1. The molecule has 1 unspecified atom stereocenters. The number of likely N-dealkylation sites (tertiary alicyclic amines) is 1. The quantitative estimate of drug-likeness (QED) is 0.905. The summed E-state index contributed by atoms with van der Waals surface area (Å²) in [5.74, 6) is 0.993. The highest BCUT2D eigenvalue weighted by Gasteiger charge is 2.18. The Morgan fingerprint density at radius 1 is 1.32 bits per heavy atom. The zero-order chi connectivity index (χ0) is 13.9. The van der Waals surface area contributed by atoms with Crippen LogP contribution in [-0.4, -0.2) is 36.1 Å². The molecule has 0 radical (unpaired) electrons. The first kappa shape index (κ1) is 14.3. The zero-order valence-electron chi connectivity index (χ0n) is 12.7. The normalized spacial score (nSPS) is 21.4. The third-order valence-corrected chi connectivity index (χ3v) is 4.07. The highest BCUT2D eigenvalue weighted by atomic mass is 15.2. The van der Waals surface area contributed by atoms with Gasteiger partial charge in [-0.05, 0) is 43.5 Å². The van der Waals surface area contributed by atoms with Gasteiger partial charge in [-0.2, -0.15) is 0 Å². The largest absolute Gasteiger partial charge is 0.369 e. The number of likely N-dealkylation sites (N-methyl/N-ethyl adjacent to an activating group) is 1. The van der Waals surface area contributed by atoms with Gasteiger partial charge in [-0.1, -0.05) is 33.3 Å². The molecule has 0 saturated carbocycles. The van der Waals surface area contributed by atoms with Crippen molar-refractivity contribution in [2.45, 2.75) is 51.5 Å². The summed E-state index contributed by atoms with van der Waals surface area (Å²) in [7, 11) is 2.22. The van der Waals surface area contributed by atoms with E-state index in [4.69, 9.17) is 0 Å². The molecule has 2 rings (SSSR count). The molecule has 0 spiro atoms. The third kappa shape index (κ3) is 3.93. The minimum absolute atomic E-state index is 0.176. The Balaban J connectivity index is 1.89. The molecule has 1 fully saturated rings. The molecule has 1 aromatic heterocycles. The number of pyridine rings is 1. The Morgan fingerprint density at radius 2 is 2.11 bits per heavy atom. The number of aromatic nitrogens is 1. The van der Waals surface area contributed by atoms with Crippen LogP contribution < -0.4 is 5.32 Å². The van der Waals surface area contributed by atoms with E-state index < -0.39 is 0 Å². The van der Waals surface area contributed by atoms with Gasteiger partial charge in [0, 0.05) is 18.8 Å². The Kier molecular flexibility index (Phi) is 4.46. The summed E-state index contributed by atoms with van der Waals surface area (Å²) in [6, 6.07) is 4.93. The average Bonchev–Trinajstić information content (AvgIpc) is 2.37. The number of nitrogens with zero attached hydrogens (tertiary/aromatic N) is 2. The van der Waals surface area contributed by atoms with Crippen molar-refractivity contribution in [1.29, 1.82) is 0 Å². The molecule has 0 aromatic carbocycles. The number of hydrogen-bond acceptors (Lipinski definition) is 3. The fourth-order valence-corrected chi connectivity index (χ4v) is 2.57. The molecular weight excluding hydrogens is 234 g/mol. The maximum Gasteiger partial charge on any atom is 0.125 e. The Hall–Kier alpha value is -1.09. The number of hydrogen-bond donors (Lipinski definition) is 1. The summed E-state index contributed by atoms with van der Waals surface area (Å²) in [6.07, 6.45) is 5.98. The van der Waals surface area contributed by atoms with Crippen molar-refractivity contribution in [3.8, 4) is 0 Å². The third-order valence-electron chi connectivity index (χ3n) is 4.07. The van der Waals surface area contributed by atoms with E-state index in [9.17, 15) is 0 Å². The van der Waals surface area contributed by atoms with Gasteiger partial charge in [0.2, 0.25) is 0 Å². The van der Waals surface area contributed by atoms with Crippen LogP contribution >= 0.6 is 0 Å². The number of piperidine rings is 1. The van der Waals surface area contributed by atoms with E-state index in [0.29, 0.717) is 6.04 Å². The summed E-state index contributed by atoms with van der Waals surface area (Å²) in [4.78, 5) is 6.98. The number of rotatable bonds is 3. The van der Waals surface area contributed by atoms with E-state index in [0.717, 1.165) is 12.4 Å². The average molecular weight is 261 g/mol. The molecular formula is C16H27N3. The maximum absolute atomic E-state index is 4.52. The second kappa shape index (κ2) is 5.91. The van der Waals surface area contributed by atoms with Gasteiger partial charge in [0.25, 0.3) is 0 Å². The zero-order valence-corrected chi connectivity index (χ0v) is 12.7. The molecule has 1 atom stereocenters. The lowest BCUT2D eigenvalue weighted by Crippen LogP contribution is -2.40. The molecule has 0 bridgehead atoms. The molecule has 1 saturated heterocycles. The summed E-state index contributed by atoms with van der Waals surface area (Å²) < 4.78 is 0. The molecule has 106 valence electrons. The smallest absolute Gasteiger partial charge is 0.125 e. The van der Waals surface area contributed by atoms with E-state index in [1.165, 1.54) is 31.4 Å². The molecule has 0 amide bonds. The summed E-state index contributed by atoms with van der Waals surface area (Å²) >= 11 is 0. The van der Waals surface area contributed by atoms with Crippen LogP contribution in [0.1, 0.15) is 45.6 Å². The van der Waals surface area contributed by atoms with Crippen molar-refractivity contribution in [2.24, 2.45) is 0 Å². The molecule has 1 N–H and O–H groups in total. The number of nitrogens with one attached hydrogen (secondary N) is 1. The molecule has 3 nitrogen and oxygen atoms in total. The lowest BCUT2D eigenvalue weighted by atomic mass is 9.88. The van der Waals surface area contributed by atoms with E-state index in [2.05, 4.69) is 55.2 Å². The van der Waals surface area contributed by atoms with Crippen LogP contribution in [0.5, 0.6) is 0 Å². The first-order valence-corrected chi connectivity index (χ1v) is 7.37. The predicted octanol–water partition coefficient (Wildman–Crippen LogP) is 3.28. The van der Waals surface area contributed by atoms with Crippen molar-refractivity contribution in [2.75, 3.05) is 25.5 Å². The van der Waals surface area contributed by atoms with E-state index >= 15 is 0 Å². The number of anilines is 1. The predicted molar refractivity (Wildman–Crippen MR) is 81.7 cm³/mol. The topological polar surface area (TPSA) is 28.2 Å². The van der Waals surface area contributed by atoms with Crippen LogP contribution in [0.15, 0.2) is 18.3 Å². The van der Waals surface area contributed by atoms with Crippen LogP contribution in [0.3, 0.4) is 0 Å². The molecule has 3 heteroatoms. The van der Waals surface area contributed by atoms with E-state index in [-0.39, 0.29) is 5.41 Å². The molecule has 19 heavy (non-hydrogen) atoms. The Bertz CT molecular complexity index is 391. The lowest BCUT2D eigenvalue weighted by Gasteiger charge is -2.32. The standard InChI is InChI=1S/C16H27N3/c1-16(2,3)13-8-9-15(17-11-13)18-12-14-7-5-6-10-19(14)4/h8-9,11,14H,5-7,10,12H2,1-4H3,(H,17,18). The van der Waals surface area contributed by atoms with Gasteiger partial charge in [-0.25, -0.2) is 4.98 Å². The van der Waals surface area contributed by atoms with Crippen molar-refractivity contribution in [3.63, 3.8) is 0 Å². The summed E-state index contributed by atoms with van der Waals surface area (Å²) in [5.41, 5.74) is 1.46. The first-order valence-electron chi connectivity index (χ1n) is 7.37. The van der Waals surface area contributed by atoms with Crippen molar-refractivity contribution >= 4 is 5.82 Å². The van der Waals surface area contributed by atoms with Crippen LogP contribution in [0.2, 0.25) is 0 Å². The fraction of sp³-hybridized carbons (Fsp3) is 0.688. The van der Waals surface area contributed by atoms with Crippen LogP contribution in [0, 0.1) is 0 Å². The van der Waals surface area contributed by atoms with Crippen molar-refractivity contribution in [1.82, 2.24) is 9.88 Å². The molecule has 0 aliphatic carbocycles. The van der Waals surface area contributed by atoms with Gasteiger partial charge in [0.1, 0.15) is 5.82 Å². The summed E-state index contributed by atoms with van der Waals surface area (Å²) in [6.45, 7) is 8.87. The van der Waals surface area contributed by atoms with Crippen molar-refractivity contribution in [3.05, 3.63) is 23.9 Å². The van der Waals surface area contributed by atoms with Gasteiger partial charge >= 0.3 is 0 Å². The van der Waals surface area contributed by atoms with E-state index in [1.54, 1.807) is 0 Å². The minimum Gasteiger partial charge on any atom is -0.369 e. The molecule has 1 aromatic rings. The van der Waals surface area contributed by atoms with Gasteiger partial charge in [-0.15, -0.1) is 0 Å². The van der Waals surface area contributed by atoms with Crippen LogP contribution in [0.25, 0.3) is 0 Å². The monoisotopic (exact) mass is 261 g/mol. The van der Waals surface area contributed by atoms with Gasteiger partial charge in [0.05, 0.1) is 0 Å². The van der Waals surface area contributed by atoms with Crippen LogP contribution in [-0.2, 0) is 5.41 Å². The van der Waals surface area contributed by atoms with Gasteiger partial charge in [-0.3, -0.25) is 0 Å². The first-order chi connectivity index (χ1) is 8.97. The molecule has 1 aliphatic rings. The fourth-order valence-electron chi connectivity index (χ4n) is 2.57. The summed E-state index contributed by atoms with van der Waals surface area (Å²) in [5, 5.41) is 3.47. The van der Waals surface area contributed by atoms with Crippen LogP contribution in [0.4, 0.5) is 5.82 Å². The van der Waals surface area contributed by atoms with Gasteiger partial charge in [0.15, 0.2) is 0 Å². The minimum atomic E-state index is 0.176. The second-order valence-electron chi connectivity index (χ2n) is 6.69. The lowest BCUT2D eigenvalue weighted by molar-refractivity contribution is 0.194. The Labute approximate surface area is 117 Å². The maximum atomic E-state index is 4.52.